The third-order valence-electron chi connectivity index (χ3n) is 4.96. The lowest BCUT2D eigenvalue weighted by Crippen LogP contribution is -2.28. The smallest absolute Gasteiger partial charge is 0.232 e. The Bertz CT molecular complexity index is 787. The van der Waals surface area contributed by atoms with E-state index in [1.807, 2.05) is 30.3 Å². The van der Waals surface area contributed by atoms with Crippen LogP contribution < -0.4 is 15.0 Å². The standard InChI is InChI=1S/C20H21FN2O2/c21-16-7-5-8-17(23-11-3-4-12-23)19(16)22-20(24)15-10-13-25-18-9-2-1-6-14(15)18/h1-2,5-9,15H,3-4,10-13H2,(H,22,24)/t15-/m0/s1. The molecular weight excluding hydrogens is 319 g/mol. The Kier molecular flexibility index (Phi) is 4.30. The third-order valence-corrected chi connectivity index (χ3v) is 4.96. The minimum Gasteiger partial charge on any atom is -0.493 e. The molecule has 1 atom stereocenters. The summed E-state index contributed by atoms with van der Waals surface area (Å²) in [7, 11) is 0. The lowest BCUT2D eigenvalue weighted by molar-refractivity contribution is -0.118. The summed E-state index contributed by atoms with van der Waals surface area (Å²) in [4.78, 5) is 15.0. The SMILES string of the molecule is O=C(Nc1c(F)cccc1N1CCCC1)[C@H]1CCOc2ccccc21. The van der Waals surface area contributed by atoms with Gasteiger partial charge in [-0.3, -0.25) is 4.79 Å². The van der Waals surface area contributed by atoms with E-state index in [1.54, 1.807) is 6.07 Å². The molecule has 1 N–H and O–H groups in total. The first-order valence-corrected chi connectivity index (χ1v) is 8.80. The molecule has 1 saturated heterocycles. The van der Waals surface area contributed by atoms with E-state index in [0.717, 1.165) is 42.9 Å². The monoisotopic (exact) mass is 340 g/mol. The molecule has 0 spiro atoms. The van der Waals surface area contributed by atoms with Gasteiger partial charge in [-0.2, -0.15) is 0 Å². The second-order valence-corrected chi connectivity index (χ2v) is 6.54. The van der Waals surface area contributed by atoms with Crippen molar-refractivity contribution in [2.45, 2.75) is 25.2 Å². The van der Waals surface area contributed by atoms with E-state index >= 15 is 0 Å². The number of rotatable bonds is 3. The maximum atomic E-state index is 14.5. The molecule has 5 heteroatoms. The van der Waals surface area contributed by atoms with E-state index in [1.165, 1.54) is 6.07 Å². The molecule has 1 amide bonds. The van der Waals surface area contributed by atoms with Crippen molar-refractivity contribution in [2.75, 3.05) is 29.9 Å². The number of nitrogens with zero attached hydrogens (tertiary/aromatic N) is 1. The van der Waals surface area contributed by atoms with Crippen LogP contribution in [0.2, 0.25) is 0 Å². The summed E-state index contributed by atoms with van der Waals surface area (Å²) < 4.78 is 20.1. The van der Waals surface area contributed by atoms with Gasteiger partial charge in [-0.25, -0.2) is 4.39 Å². The second-order valence-electron chi connectivity index (χ2n) is 6.54. The molecule has 0 bridgehead atoms. The predicted octanol–water partition coefficient (Wildman–Crippen LogP) is 3.93. The number of carbonyl (C=O) groups is 1. The van der Waals surface area contributed by atoms with Crippen LogP contribution in [0.3, 0.4) is 0 Å². The Morgan fingerprint density at radius 2 is 1.92 bits per heavy atom. The number of hydrogen-bond acceptors (Lipinski definition) is 3. The van der Waals surface area contributed by atoms with E-state index in [0.29, 0.717) is 18.7 Å². The van der Waals surface area contributed by atoms with E-state index in [4.69, 9.17) is 4.74 Å². The Labute approximate surface area is 146 Å². The van der Waals surface area contributed by atoms with Crippen LogP contribution in [0.1, 0.15) is 30.7 Å². The lowest BCUT2D eigenvalue weighted by atomic mass is 9.92. The number of nitrogens with one attached hydrogen (secondary N) is 1. The van der Waals surface area contributed by atoms with Gasteiger partial charge in [-0.1, -0.05) is 24.3 Å². The largest absolute Gasteiger partial charge is 0.493 e. The predicted molar refractivity (Wildman–Crippen MR) is 95.8 cm³/mol. The van der Waals surface area contributed by atoms with Crippen molar-refractivity contribution in [3.05, 3.63) is 53.8 Å². The summed E-state index contributed by atoms with van der Waals surface area (Å²) in [6, 6.07) is 12.5. The topological polar surface area (TPSA) is 41.6 Å². The molecule has 2 aromatic carbocycles. The quantitative estimate of drug-likeness (QED) is 0.920. The summed E-state index contributed by atoms with van der Waals surface area (Å²) in [5, 5.41) is 2.86. The zero-order valence-electron chi connectivity index (χ0n) is 14.0. The van der Waals surface area contributed by atoms with Gasteiger partial charge < -0.3 is 15.0 Å². The van der Waals surface area contributed by atoms with Crippen molar-refractivity contribution >= 4 is 17.3 Å². The lowest BCUT2D eigenvalue weighted by Gasteiger charge is -2.27. The molecule has 2 aliphatic rings. The average Bonchev–Trinajstić information content (AvgIpc) is 3.17. The highest BCUT2D eigenvalue weighted by molar-refractivity contribution is 5.99. The molecule has 4 rings (SSSR count). The molecule has 1 fully saturated rings. The van der Waals surface area contributed by atoms with E-state index in [-0.39, 0.29) is 11.8 Å². The van der Waals surface area contributed by atoms with Gasteiger partial charge in [0, 0.05) is 18.7 Å². The van der Waals surface area contributed by atoms with Crippen LogP contribution in [-0.4, -0.2) is 25.6 Å². The molecule has 0 saturated carbocycles. The highest BCUT2D eigenvalue weighted by atomic mass is 19.1. The minimum atomic E-state index is -0.391. The molecular formula is C20H21FN2O2. The zero-order valence-corrected chi connectivity index (χ0v) is 14.0. The van der Waals surface area contributed by atoms with Crippen LogP contribution in [0.4, 0.5) is 15.8 Å². The molecule has 130 valence electrons. The Hall–Kier alpha value is -2.56. The number of anilines is 2. The van der Waals surface area contributed by atoms with Gasteiger partial charge in [0.2, 0.25) is 5.91 Å². The second kappa shape index (κ2) is 6.75. The van der Waals surface area contributed by atoms with Crippen LogP contribution in [0.15, 0.2) is 42.5 Å². The molecule has 2 aromatic rings. The van der Waals surface area contributed by atoms with Gasteiger partial charge in [0.15, 0.2) is 0 Å². The molecule has 2 heterocycles. The van der Waals surface area contributed by atoms with Crippen LogP contribution >= 0.6 is 0 Å². The fourth-order valence-corrected chi connectivity index (χ4v) is 3.68. The Morgan fingerprint density at radius 3 is 2.76 bits per heavy atom. The third kappa shape index (κ3) is 3.06. The first kappa shape index (κ1) is 15.9. The summed E-state index contributed by atoms with van der Waals surface area (Å²) in [6.45, 7) is 2.28. The van der Waals surface area contributed by atoms with Gasteiger partial charge in [0.05, 0.1) is 18.2 Å². The number of benzene rings is 2. The van der Waals surface area contributed by atoms with E-state index in [2.05, 4.69) is 10.2 Å². The highest BCUT2D eigenvalue weighted by Gasteiger charge is 2.29. The molecule has 0 unspecified atom stereocenters. The number of hydrogen-bond donors (Lipinski definition) is 1. The first-order valence-electron chi connectivity index (χ1n) is 8.80. The van der Waals surface area contributed by atoms with Gasteiger partial charge >= 0.3 is 0 Å². The van der Waals surface area contributed by atoms with Crippen LogP contribution in [-0.2, 0) is 4.79 Å². The van der Waals surface area contributed by atoms with E-state index < -0.39 is 5.82 Å². The Balaban J connectivity index is 1.62. The van der Waals surface area contributed by atoms with E-state index in [9.17, 15) is 9.18 Å². The number of ether oxygens (including phenoxy) is 1. The van der Waals surface area contributed by atoms with Gasteiger partial charge in [0.25, 0.3) is 0 Å². The van der Waals surface area contributed by atoms with Crippen molar-refractivity contribution in [3.63, 3.8) is 0 Å². The number of halogens is 1. The Morgan fingerprint density at radius 1 is 1.12 bits per heavy atom. The summed E-state index contributed by atoms with van der Waals surface area (Å²) in [5.41, 5.74) is 1.93. The highest BCUT2D eigenvalue weighted by Crippen LogP contribution is 2.36. The van der Waals surface area contributed by atoms with Gasteiger partial charge in [-0.05, 0) is 37.5 Å². The maximum absolute atomic E-state index is 14.5. The number of fused-ring (bicyclic) bond motifs is 1. The molecule has 25 heavy (non-hydrogen) atoms. The molecule has 0 aliphatic carbocycles. The fraction of sp³-hybridized carbons (Fsp3) is 0.350. The minimum absolute atomic E-state index is 0.179. The molecule has 0 aromatic heterocycles. The van der Waals surface area contributed by atoms with Crippen LogP contribution in [0, 0.1) is 5.82 Å². The van der Waals surface area contributed by atoms with Crippen molar-refractivity contribution < 1.29 is 13.9 Å². The van der Waals surface area contributed by atoms with Crippen LogP contribution in [0.25, 0.3) is 0 Å². The van der Waals surface area contributed by atoms with Crippen molar-refractivity contribution in [1.29, 1.82) is 0 Å². The average molecular weight is 340 g/mol. The molecule has 4 nitrogen and oxygen atoms in total. The normalized spacial score (nSPS) is 19.2. The maximum Gasteiger partial charge on any atom is 0.232 e. The number of amides is 1. The van der Waals surface area contributed by atoms with Crippen molar-refractivity contribution in [1.82, 2.24) is 0 Å². The summed E-state index contributed by atoms with van der Waals surface area (Å²) >= 11 is 0. The van der Waals surface area contributed by atoms with Gasteiger partial charge in [-0.15, -0.1) is 0 Å². The summed E-state index contributed by atoms with van der Waals surface area (Å²) in [5.74, 6) is -0.155. The fourth-order valence-electron chi connectivity index (χ4n) is 3.68. The van der Waals surface area contributed by atoms with Crippen molar-refractivity contribution in [2.24, 2.45) is 0 Å². The summed E-state index contributed by atoms with van der Waals surface area (Å²) in [6.07, 6.45) is 2.78. The molecule has 0 radical (unpaired) electrons. The zero-order chi connectivity index (χ0) is 17.2. The number of para-hydroxylation sites is 2. The molecule has 2 aliphatic heterocycles. The first-order chi connectivity index (χ1) is 12.2. The van der Waals surface area contributed by atoms with Crippen LogP contribution in [0.5, 0.6) is 5.75 Å². The number of carbonyl (C=O) groups excluding carboxylic acids is 1. The van der Waals surface area contributed by atoms with Gasteiger partial charge in [0.1, 0.15) is 17.3 Å². The van der Waals surface area contributed by atoms with Crippen molar-refractivity contribution in [3.8, 4) is 5.75 Å².